The van der Waals surface area contributed by atoms with E-state index in [4.69, 9.17) is 18.9 Å². The fourth-order valence-electron chi connectivity index (χ4n) is 2.37. The number of hydrogen-bond acceptors (Lipinski definition) is 6. The molecule has 0 spiro atoms. The fourth-order valence-corrected chi connectivity index (χ4v) is 2.37. The highest BCUT2D eigenvalue weighted by Gasteiger charge is 2.19. The summed E-state index contributed by atoms with van der Waals surface area (Å²) in [5.74, 6) is 0.717. The summed E-state index contributed by atoms with van der Waals surface area (Å²) in [6, 6.07) is 3.44. The van der Waals surface area contributed by atoms with Gasteiger partial charge in [-0.1, -0.05) is 6.07 Å². The van der Waals surface area contributed by atoms with E-state index in [9.17, 15) is 9.59 Å². The number of carbonyl (C=O) groups excluding carboxylic acids is 2. The van der Waals surface area contributed by atoms with Crippen molar-refractivity contribution in [3.63, 3.8) is 0 Å². The van der Waals surface area contributed by atoms with Crippen LogP contribution in [0.1, 0.15) is 25.8 Å². The van der Waals surface area contributed by atoms with Gasteiger partial charge < -0.3 is 24.3 Å². The van der Waals surface area contributed by atoms with Gasteiger partial charge in [0.25, 0.3) is 0 Å². The van der Waals surface area contributed by atoms with Crippen molar-refractivity contribution in [3.8, 4) is 17.2 Å². The topological polar surface area (TPSA) is 83.1 Å². The standard InChI is InChI=1S/C17H25NO6/c1-6-24-15(20)10-14(19)18-11(2)9-12-7-8-13(21-3)17(23-5)16(12)22-4/h7-8,11H,6,9-10H2,1-5H3,(H,18,19). The van der Waals surface area contributed by atoms with E-state index in [1.807, 2.05) is 13.0 Å². The van der Waals surface area contributed by atoms with Gasteiger partial charge in [0.15, 0.2) is 11.5 Å². The van der Waals surface area contributed by atoms with Crippen molar-refractivity contribution in [3.05, 3.63) is 17.7 Å². The number of hydrogen-bond donors (Lipinski definition) is 1. The molecule has 0 aliphatic rings. The molecule has 24 heavy (non-hydrogen) atoms. The molecular weight excluding hydrogens is 314 g/mol. The third-order valence-corrected chi connectivity index (χ3v) is 3.33. The van der Waals surface area contributed by atoms with Crippen LogP contribution in [0.5, 0.6) is 17.2 Å². The Kier molecular flexibility index (Phi) is 7.88. The molecule has 0 saturated heterocycles. The molecule has 7 nitrogen and oxygen atoms in total. The normalized spacial score (nSPS) is 11.4. The minimum Gasteiger partial charge on any atom is -0.493 e. The number of esters is 1. The summed E-state index contributed by atoms with van der Waals surface area (Å²) < 4.78 is 20.8. The first-order valence-electron chi connectivity index (χ1n) is 7.69. The van der Waals surface area contributed by atoms with Gasteiger partial charge in [-0.2, -0.15) is 0 Å². The zero-order valence-corrected chi connectivity index (χ0v) is 14.8. The zero-order chi connectivity index (χ0) is 18.1. The van der Waals surface area contributed by atoms with Crippen molar-refractivity contribution in [2.24, 2.45) is 0 Å². The molecule has 1 amide bonds. The van der Waals surface area contributed by atoms with Crippen molar-refractivity contribution in [2.75, 3.05) is 27.9 Å². The monoisotopic (exact) mass is 339 g/mol. The maximum Gasteiger partial charge on any atom is 0.315 e. The summed E-state index contributed by atoms with van der Waals surface area (Å²) in [6.07, 6.45) is 0.222. The Morgan fingerprint density at radius 1 is 1.08 bits per heavy atom. The lowest BCUT2D eigenvalue weighted by Crippen LogP contribution is -2.35. The summed E-state index contributed by atoms with van der Waals surface area (Å²) in [6.45, 7) is 3.80. The second-order valence-electron chi connectivity index (χ2n) is 5.15. The van der Waals surface area contributed by atoms with E-state index in [-0.39, 0.29) is 25.0 Å². The molecule has 134 valence electrons. The molecular formula is C17H25NO6. The van der Waals surface area contributed by atoms with E-state index < -0.39 is 5.97 Å². The number of nitrogens with one attached hydrogen (secondary N) is 1. The van der Waals surface area contributed by atoms with Crippen LogP contribution in [0, 0.1) is 0 Å². The summed E-state index contributed by atoms with van der Waals surface area (Å²) >= 11 is 0. The van der Waals surface area contributed by atoms with Gasteiger partial charge in [0, 0.05) is 11.6 Å². The molecule has 0 fully saturated rings. The quantitative estimate of drug-likeness (QED) is 0.545. The van der Waals surface area contributed by atoms with E-state index in [0.29, 0.717) is 23.7 Å². The molecule has 1 rings (SSSR count). The van der Waals surface area contributed by atoms with Crippen molar-refractivity contribution in [1.29, 1.82) is 0 Å². The van der Waals surface area contributed by atoms with Crippen molar-refractivity contribution >= 4 is 11.9 Å². The lowest BCUT2D eigenvalue weighted by Gasteiger charge is -2.19. The van der Waals surface area contributed by atoms with Crippen LogP contribution in [0.15, 0.2) is 12.1 Å². The molecule has 1 aromatic rings. The predicted octanol–water partition coefficient (Wildman–Crippen LogP) is 1.71. The highest BCUT2D eigenvalue weighted by molar-refractivity contribution is 5.94. The van der Waals surface area contributed by atoms with Gasteiger partial charge in [-0.25, -0.2) is 0 Å². The largest absolute Gasteiger partial charge is 0.493 e. The second kappa shape index (κ2) is 9.64. The number of ether oxygens (including phenoxy) is 4. The summed E-state index contributed by atoms with van der Waals surface area (Å²) in [5, 5.41) is 2.77. The van der Waals surface area contributed by atoms with Gasteiger partial charge >= 0.3 is 5.97 Å². The molecule has 1 aromatic carbocycles. The van der Waals surface area contributed by atoms with Crippen molar-refractivity contribution < 1.29 is 28.5 Å². The molecule has 7 heteroatoms. The summed E-state index contributed by atoms with van der Waals surface area (Å²) in [5.41, 5.74) is 0.860. The molecule has 0 aliphatic heterocycles. The van der Waals surface area contributed by atoms with E-state index in [1.165, 1.54) is 7.11 Å². The third kappa shape index (κ3) is 5.33. The highest BCUT2D eigenvalue weighted by Crippen LogP contribution is 2.40. The maximum atomic E-state index is 11.8. The maximum absolute atomic E-state index is 11.8. The predicted molar refractivity (Wildman–Crippen MR) is 88.7 cm³/mol. The van der Waals surface area contributed by atoms with Gasteiger partial charge in [0.1, 0.15) is 6.42 Å². The number of benzene rings is 1. The Labute approximate surface area is 142 Å². The molecule has 0 heterocycles. The van der Waals surface area contributed by atoms with Crippen LogP contribution in [0.3, 0.4) is 0 Å². The second-order valence-corrected chi connectivity index (χ2v) is 5.15. The number of rotatable bonds is 9. The lowest BCUT2D eigenvalue weighted by molar-refractivity contribution is -0.146. The van der Waals surface area contributed by atoms with Crippen LogP contribution >= 0.6 is 0 Å². The van der Waals surface area contributed by atoms with Crippen LogP contribution < -0.4 is 19.5 Å². The first-order valence-corrected chi connectivity index (χ1v) is 7.69. The van der Waals surface area contributed by atoms with Crippen LogP contribution in [-0.2, 0) is 20.7 Å². The third-order valence-electron chi connectivity index (χ3n) is 3.33. The Morgan fingerprint density at radius 2 is 1.75 bits per heavy atom. The fraction of sp³-hybridized carbons (Fsp3) is 0.529. The van der Waals surface area contributed by atoms with Crippen molar-refractivity contribution in [1.82, 2.24) is 5.32 Å². The van der Waals surface area contributed by atoms with E-state index in [1.54, 1.807) is 27.2 Å². The SMILES string of the molecule is CCOC(=O)CC(=O)NC(C)Cc1ccc(OC)c(OC)c1OC. The van der Waals surface area contributed by atoms with Crippen LogP contribution in [0.2, 0.25) is 0 Å². The smallest absolute Gasteiger partial charge is 0.315 e. The lowest BCUT2D eigenvalue weighted by atomic mass is 10.0. The van der Waals surface area contributed by atoms with E-state index >= 15 is 0 Å². The first-order chi connectivity index (χ1) is 11.5. The summed E-state index contributed by atoms with van der Waals surface area (Å²) in [7, 11) is 4.63. The molecule has 1 atom stereocenters. The average molecular weight is 339 g/mol. The Bertz CT molecular complexity index is 572. The van der Waals surface area contributed by atoms with Crippen LogP contribution in [0.4, 0.5) is 0 Å². The van der Waals surface area contributed by atoms with E-state index in [2.05, 4.69) is 5.32 Å². The number of amides is 1. The van der Waals surface area contributed by atoms with Crippen LogP contribution in [0.25, 0.3) is 0 Å². The van der Waals surface area contributed by atoms with Gasteiger partial charge in [-0.3, -0.25) is 9.59 Å². The molecule has 0 bridgehead atoms. The van der Waals surface area contributed by atoms with Gasteiger partial charge in [-0.05, 0) is 26.3 Å². The van der Waals surface area contributed by atoms with E-state index in [0.717, 1.165) is 5.56 Å². The van der Waals surface area contributed by atoms with Gasteiger partial charge in [0.2, 0.25) is 11.7 Å². The zero-order valence-electron chi connectivity index (χ0n) is 14.8. The Hall–Kier alpha value is -2.44. The molecule has 0 aromatic heterocycles. The highest BCUT2D eigenvalue weighted by atomic mass is 16.5. The number of carbonyl (C=O) groups is 2. The Balaban J connectivity index is 2.78. The van der Waals surface area contributed by atoms with Gasteiger partial charge in [0.05, 0.1) is 27.9 Å². The summed E-state index contributed by atoms with van der Waals surface area (Å²) in [4.78, 5) is 23.1. The molecule has 0 saturated carbocycles. The molecule has 0 radical (unpaired) electrons. The first kappa shape index (κ1) is 19.6. The minimum atomic E-state index is -0.536. The number of methoxy groups -OCH3 is 3. The molecule has 0 aliphatic carbocycles. The Morgan fingerprint density at radius 3 is 2.29 bits per heavy atom. The van der Waals surface area contributed by atoms with Crippen LogP contribution in [-0.4, -0.2) is 45.9 Å². The molecule has 1 unspecified atom stereocenters. The minimum absolute atomic E-state index is 0.195. The molecule has 1 N–H and O–H groups in total. The van der Waals surface area contributed by atoms with Gasteiger partial charge in [-0.15, -0.1) is 0 Å². The van der Waals surface area contributed by atoms with Crippen molar-refractivity contribution in [2.45, 2.75) is 32.7 Å². The average Bonchev–Trinajstić information content (AvgIpc) is 2.53.